The summed E-state index contributed by atoms with van der Waals surface area (Å²) in [5.74, 6) is -0.427. The molecule has 0 aliphatic heterocycles. The zero-order chi connectivity index (χ0) is 30.3. The SMILES string of the molecule is CC[C@H](C)NC(=O)[C@@H](C)N(Cc1ccc(Cl)c(Cl)c1)C(=O)CN(c1ccc(C)cc1)S(=O)(=O)c1ccc(OC)cc1. The molecule has 0 bridgehead atoms. The number of hydrogen-bond donors (Lipinski definition) is 1. The van der Waals surface area contributed by atoms with Crippen LogP contribution < -0.4 is 14.4 Å². The van der Waals surface area contributed by atoms with Gasteiger partial charge in [-0.3, -0.25) is 13.9 Å². The highest BCUT2D eigenvalue weighted by Gasteiger charge is 2.33. The van der Waals surface area contributed by atoms with E-state index in [0.717, 1.165) is 9.87 Å². The van der Waals surface area contributed by atoms with Crippen molar-refractivity contribution in [1.29, 1.82) is 0 Å². The Bertz CT molecular complexity index is 1460. The Labute approximate surface area is 252 Å². The number of sulfonamides is 1. The van der Waals surface area contributed by atoms with Crippen LogP contribution in [0.25, 0.3) is 0 Å². The standard InChI is InChI=1S/C30H35Cl2N3O5S/c1-6-21(3)33-30(37)22(4)34(18-23-9-16-27(31)28(32)17-23)29(36)19-35(24-10-7-20(2)8-11-24)41(38,39)26-14-12-25(40-5)13-15-26/h7-17,21-22H,6,18-19H2,1-5H3,(H,33,37)/t21-,22+/m0/s1. The summed E-state index contributed by atoms with van der Waals surface area (Å²) in [5, 5.41) is 3.56. The Morgan fingerprint density at radius 3 is 2.15 bits per heavy atom. The number of benzene rings is 3. The Morgan fingerprint density at radius 2 is 1.59 bits per heavy atom. The van der Waals surface area contributed by atoms with Crippen LogP contribution in [0.5, 0.6) is 5.75 Å². The molecule has 11 heteroatoms. The lowest BCUT2D eigenvalue weighted by molar-refractivity contribution is -0.139. The first kappa shape index (κ1) is 32.2. The largest absolute Gasteiger partial charge is 0.497 e. The molecule has 0 fully saturated rings. The van der Waals surface area contributed by atoms with Crippen LogP contribution in [0.15, 0.2) is 71.6 Å². The molecule has 0 spiro atoms. The minimum absolute atomic E-state index is 0.00901. The summed E-state index contributed by atoms with van der Waals surface area (Å²) in [6.07, 6.45) is 0.709. The molecular formula is C30H35Cl2N3O5S. The number of methoxy groups -OCH3 is 1. The van der Waals surface area contributed by atoms with Crippen LogP contribution >= 0.6 is 23.2 Å². The number of aryl methyl sites for hydroxylation is 1. The van der Waals surface area contributed by atoms with E-state index in [1.807, 2.05) is 20.8 Å². The number of anilines is 1. The van der Waals surface area contributed by atoms with Crippen molar-refractivity contribution in [3.05, 3.63) is 87.9 Å². The molecule has 3 rings (SSSR count). The quantitative estimate of drug-likeness (QED) is 0.275. The number of amides is 2. The smallest absolute Gasteiger partial charge is 0.264 e. The van der Waals surface area contributed by atoms with Gasteiger partial charge in [-0.05, 0) is 81.3 Å². The van der Waals surface area contributed by atoms with Crippen LogP contribution in [-0.4, -0.2) is 50.9 Å². The van der Waals surface area contributed by atoms with Gasteiger partial charge in [0.05, 0.1) is 27.7 Å². The van der Waals surface area contributed by atoms with Crippen molar-refractivity contribution in [1.82, 2.24) is 10.2 Å². The third-order valence-corrected chi connectivity index (χ3v) is 9.28. The molecular weight excluding hydrogens is 585 g/mol. The predicted octanol–water partition coefficient (Wildman–Crippen LogP) is 5.84. The minimum atomic E-state index is -4.18. The van der Waals surface area contributed by atoms with E-state index in [0.29, 0.717) is 33.5 Å². The topological polar surface area (TPSA) is 96.0 Å². The zero-order valence-electron chi connectivity index (χ0n) is 23.7. The summed E-state index contributed by atoms with van der Waals surface area (Å²) < 4.78 is 34.0. The second-order valence-corrected chi connectivity index (χ2v) is 12.5. The third-order valence-electron chi connectivity index (χ3n) is 6.75. The van der Waals surface area contributed by atoms with E-state index in [2.05, 4.69) is 5.32 Å². The first-order chi connectivity index (χ1) is 19.4. The van der Waals surface area contributed by atoms with Crippen molar-refractivity contribution in [2.24, 2.45) is 0 Å². The Balaban J connectivity index is 2.03. The summed E-state index contributed by atoms with van der Waals surface area (Å²) in [7, 11) is -2.70. The summed E-state index contributed by atoms with van der Waals surface area (Å²) in [6.45, 7) is 6.78. The summed E-state index contributed by atoms with van der Waals surface area (Å²) >= 11 is 12.3. The number of rotatable bonds is 12. The van der Waals surface area contributed by atoms with Gasteiger partial charge >= 0.3 is 0 Å². The molecule has 2 atom stereocenters. The Morgan fingerprint density at radius 1 is 0.951 bits per heavy atom. The van der Waals surface area contributed by atoms with Crippen molar-refractivity contribution < 1.29 is 22.7 Å². The number of halogens is 2. The van der Waals surface area contributed by atoms with Crippen LogP contribution in [0, 0.1) is 6.92 Å². The van der Waals surface area contributed by atoms with Gasteiger partial charge in [-0.1, -0.05) is 53.9 Å². The number of nitrogens with one attached hydrogen (secondary N) is 1. The van der Waals surface area contributed by atoms with Gasteiger partial charge in [0, 0.05) is 12.6 Å². The van der Waals surface area contributed by atoms with Crippen molar-refractivity contribution in [3.63, 3.8) is 0 Å². The fourth-order valence-corrected chi connectivity index (χ4v) is 5.73. The normalized spacial score (nSPS) is 12.8. The second-order valence-electron chi connectivity index (χ2n) is 9.79. The first-order valence-corrected chi connectivity index (χ1v) is 15.3. The summed E-state index contributed by atoms with van der Waals surface area (Å²) in [4.78, 5) is 28.5. The van der Waals surface area contributed by atoms with E-state index >= 15 is 0 Å². The summed E-state index contributed by atoms with van der Waals surface area (Å²) in [5.41, 5.74) is 1.88. The van der Waals surface area contributed by atoms with Crippen LogP contribution in [-0.2, 0) is 26.2 Å². The maximum atomic E-state index is 14.0. The highest BCUT2D eigenvalue weighted by molar-refractivity contribution is 7.92. The van der Waals surface area contributed by atoms with E-state index in [-0.39, 0.29) is 23.4 Å². The monoisotopic (exact) mass is 619 g/mol. The fraction of sp³-hybridized carbons (Fsp3) is 0.333. The molecule has 0 aromatic heterocycles. The molecule has 0 aliphatic rings. The lowest BCUT2D eigenvalue weighted by Gasteiger charge is -2.32. The number of nitrogens with zero attached hydrogens (tertiary/aromatic N) is 2. The average Bonchev–Trinajstić information content (AvgIpc) is 2.96. The van der Waals surface area contributed by atoms with Crippen molar-refractivity contribution >= 4 is 50.7 Å². The lowest BCUT2D eigenvalue weighted by atomic mass is 10.1. The van der Waals surface area contributed by atoms with Crippen molar-refractivity contribution in [2.75, 3.05) is 18.0 Å². The molecule has 0 saturated heterocycles. The van der Waals surface area contributed by atoms with E-state index in [9.17, 15) is 18.0 Å². The first-order valence-electron chi connectivity index (χ1n) is 13.1. The summed E-state index contributed by atoms with van der Waals surface area (Å²) in [6, 6.07) is 16.7. The van der Waals surface area contributed by atoms with Gasteiger partial charge in [0.2, 0.25) is 11.8 Å². The zero-order valence-corrected chi connectivity index (χ0v) is 26.1. The Kier molecular flexibility index (Phi) is 11.1. The average molecular weight is 621 g/mol. The fourth-order valence-electron chi connectivity index (χ4n) is 4.00. The molecule has 2 amide bonds. The van der Waals surface area contributed by atoms with E-state index in [1.54, 1.807) is 61.5 Å². The van der Waals surface area contributed by atoms with E-state index in [4.69, 9.17) is 27.9 Å². The highest BCUT2D eigenvalue weighted by Crippen LogP contribution is 2.27. The maximum Gasteiger partial charge on any atom is 0.264 e. The van der Waals surface area contributed by atoms with Gasteiger partial charge in [0.25, 0.3) is 10.0 Å². The third kappa shape index (κ3) is 8.15. The molecule has 0 heterocycles. The molecule has 3 aromatic rings. The van der Waals surface area contributed by atoms with Crippen LogP contribution in [0.1, 0.15) is 38.3 Å². The van der Waals surface area contributed by atoms with Crippen LogP contribution in [0.2, 0.25) is 10.0 Å². The molecule has 3 aromatic carbocycles. The van der Waals surface area contributed by atoms with Gasteiger partial charge in [-0.15, -0.1) is 0 Å². The number of carbonyl (C=O) groups excluding carboxylic acids is 2. The number of hydrogen-bond acceptors (Lipinski definition) is 5. The Hall–Kier alpha value is -3.27. The molecule has 1 N–H and O–H groups in total. The van der Waals surface area contributed by atoms with Crippen LogP contribution in [0.3, 0.4) is 0 Å². The van der Waals surface area contributed by atoms with Crippen LogP contribution in [0.4, 0.5) is 5.69 Å². The minimum Gasteiger partial charge on any atom is -0.497 e. The number of ether oxygens (including phenoxy) is 1. The van der Waals surface area contributed by atoms with Crippen molar-refractivity contribution in [2.45, 2.75) is 57.6 Å². The van der Waals surface area contributed by atoms with E-state index < -0.39 is 28.5 Å². The highest BCUT2D eigenvalue weighted by atomic mass is 35.5. The molecule has 0 unspecified atom stereocenters. The predicted molar refractivity (Wildman–Crippen MR) is 163 cm³/mol. The molecule has 0 saturated carbocycles. The molecule has 41 heavy (non-hydrogen) atoms. The molecule has 0 aliphatic carbocycles. The van der Waals surface area contributed by atoms with Gasteiger partial charge in [-0.2, -0.15) is 0 Å². The van der Waals surface area contributed by atoms with Gasteiger partial charge in [0.15, 0.2) is 0 Å². The molecule has 8 nitrogen and oxygen atoms in total. The van der Waals surface area contributed by atoms with Gasteiger partial charge in [0.1, 0.15) is 18.3 Å². The maximum absolute atomic E-state index is 14.0. The van der Waals surface area contributed by atoms with Gasteiger partial charge in [-0.25, -0.2) is 8.42 Å². The van der Waals surface area contributed by atoms with Gasteiger partial charge < -0.3 is 15.0 Å². The van der Waals surface area contributed by atoms with E-state index in [1.165, 1.54) is 24.1 Å². The second kappa shape index (κ2) is 14.1. The molecule has 0 radical (unpaired) electrons. The molecule has 220 valence electrons. The number of carbonyl (C=O) groups is 2. The van der Waals surface area contributed by atoms with Crippen molar-refractivity contribution in [3.8, 4) is 5.75 Å². The lowest BCUT2D eigenvalue weighted by Crippen LogP contribution is -2.52.